The van der Waals surface area contributed by atoms with E-state index in [1.165, 1.54) is 42.4 Å². The number of alkyl halides is 3. The molecule has 4 rings (SSSR count). The van der Waals surface area contributed by atoms with Gasteiger partial charge in [-0.3, -0.25) is 4.79 Å². The van der Waals surface area contributed by atoms with Crippen molar-refractivity contribution in [2.24, 2.45) is 10.9 Å². The van der Waals surface area contributed by atoms with Crippen LogP contribution in [0, 0.1) is 5.92 Å². The third-order valence-electron chi connectivity index (χ3n) is 6.04. The minimum atomic E-state index is -4.91. The Labute approximate surface area is 210 Å². The summed E-state index contributed by atoms with van der Waals surface area (Å²) in [6.07, 6.45) is -5.88. The first-order valence-electron chi connectivity index (χ1n) is 10.8. The summed E-state index contributed by atoms with van der Waals surface area (Å²) in [5, 5.41) is 14.1. The van der Waals surface area contributed by atoms with Crippen molar-refractivity contribution in [1.29, 1.82) is 0 Å². The van der Waals surface area contributed by atoms with E-state index in [0.717, 1.165) is 0 Å². The Balaban J connectivity index is 1.69. The van der Waals surface area contributed by atoms with Gasteiger partial charge in [0.05, 0.1) is 12.1 Å². The monoisotopic (exact) mass is 551 g/mol. The molecular weight excluding hydrogens is 531 g/mol. The maximum Gasteiger partial charge on any atom is 0.445 e. The molecule has 35 heavy (non-hydrogen) atoms. The number of aliphatic imine (C=N–C) groups is 1. The van der Waals surface area contributed by atoms with Gasteiger partial charge in [-0.15, -0.1) is 0 Å². The van der Waals surface area contributed by atoms with Gasteiger partial charge in [0.15, 0.2) is 0 Å². The van der Waals surface area contributed by atoms with E-state index in [9.17, 15) is 23.1 Å². The molecule has 14 heteroatoms. The number of aliphatic hydroxyl groups is 1. The van der Waals surface area contributed by atoms with E-state index >= 15 is 0 Å². The smallest absolute Gasteiger partial charge is 0.391 e. The van der Waals surface area contributed by atoms with Gasteiger partial charge in [0.1, 0.15) is 24.7 Å². The third kappa shape index (κ3) is 4.75. The Morgan fingerprint density at radius 3 is 2.63 bits per heavy atom. The average molecular weight is 552 g/mol. The zero-order valence-electron chi connectivity index (χ0n) is 18.8. The molecule has 2 aliphatic rings. The fraction of sp³-hybridized carbons (Fsp3) is 0.476. The number of halogens is 4. The predicted octanol–water partition coefficient (Wildman–Crippen LogP) is 1.90. The molecule has 4 atom stereocenters. The van der Waals surface area contributed by atoms with Crippen molar-refractivity contribution in [3.63, 3.8) is 0 Å². The number of carbonyl (C=O) groups excluding carboxylic acids is 1. The molecule has 2 aliphatic heterocycles. The first-order chi connectivity index (χ1) is 16.5. The third-order valence-corrected chi connectivity index (χ3v) is 6.56. The maximum absolute atomic E-state index is 14.2. The molecule has 3 radical (unpaired) electrons. The number of aliphatic hydroxyl groups excluding tert-OH is 1. The highest BCUT2D eigenvalue weighted by Gasteiger charge is 2.62. The van der Waals surface area contributed by atoms with Crippen LogP contribution in [-0.4, -0.2) is 66.7 Å². The van der Waals surface area contributed by atoms with E-state index in [-0.39, 0.29) is 36.0 Å². The molecule has 1 amide bonds. The molecule has 0 aliphatic carbocycles. The van der Waals surface area contributed by atoms with E-state index in [1.54, 1.807) is 13.8 Å². The minimum Gasteiger partial charge on any atom is -0.391 e. The molecule has 1 aromatic carbocycles. The quantitative estimate of drug-likeness (QED) is 0.532. The van der Waals surface area contributed by atoms with Crippen LogP contribution in [-0.2, 0) is 15.4 Å². The topological polar surface area (TPSA) is 100 Å². The number of amidine groups is 1. The summed E-state index contributed by atoms with van der Waals surface area (Å²) >= 11 is 3.20. The van der Waals surface area contributed by atoms with Gasteiger partial charge >= 0.3 is 11.9 Å². The van der Waals surface area contributed by atoms with Crippen molar-refractivity contribution in [3.05, 3.63) is 46.1 Å². The number of likely N-dealkylation sites (tertiary alicyclic amines) is 1. The van der Waals surface area contributed by atoms with Crippen LogP contribution in [0.4, 0.5) is 13.2 Å². The molecule has 0 spiro atoms. The lowest BCUT2D eigenvalue weighted by molar-refractivity contribution is -0.285. The summed E-state index contributed by atoms with van der Waals surface area (Å²) in [5.41, 5.74) is -0.602. The van der Waals surface area contributed by atoms with Crippen molar-refractivity contribution in [2.45, 2.75) is 50.2 Å². The predicted molar refractivity (Wildman–Crippen MR) is 125 cm³/mol. The summed E-state index contributed by atoms with van der Waals surface area (Å²) in [6, 6.07) is 5.97. The van der Waals surface area contributed by atoms with Crippen molar-refractivity contribution in [3.8, 4) is 0 Å². The summed E-state index contributed by atoms with van der Waals surface area (Å²) in [6.45, 7) is 3.51. The molecule has 3 heterocycles. The fourth-order valence-corrected chi connectivity index (χ4v) is 4.59. The zero-order valence-corrected chi connectivity index (χ0v) is 20.4. The summed E-state index contributed by atoms with van der Waals surface area (Å²) in [7, 11) is 6.70. The molecule has 0 saturated carbocycles. The molecule has 1 saturated heterocycles. The number of aromatic nitrogens is 1. The second-order valence-corrected chi connectivity index (χ2v) is 9.70. The summed E-state index contributed by atoms with van der Waals surface area (Å²) in [4.78, 5) is 23.9. The van der Waals surface area contributed by atoms with Crippen molar-refractivity contribution < 1.29 is 32.4 Å². The van der Waals surface area contributed by atoms with Crippen LogP contribution >= 0.6 is 15.9 Å². The van der Waals surface area contributed by atoms with Crippen LogP contribution in [0.15, 0.2) is 44.3 Å². The normalized spacial score (nSPS) is 25.5. The Kier molecular flexibility index (Phi) is 7.09. The molecule has 183 valence electrons. The van der Waals surface area contributed by atoms with Gasteiger partial charge in [-0.05, 0) is 24.1 Å². The van der Waals surface area contributed by atoms with E-state index in [1.807, 2.05) is 0 Å². The highest BCUT2D eigenvalue weighted by Crippen LogP contribution is 2.46. The number of amides is 1. The SMILES string of the molecule is [B][B]c1cc(C(C(=O)N2CC(O)CC2C2=NC(c3ccc(Br)cc3)(C(F)(F)F)ON2)C(C)C)on1. The molecule has 8 nitrogen and oxygen atoms in total. The lowest BCUT2D eigenvalue weighted by atomic mass is 9.53. The van der Waals surface area contributed by atoms with E-state index in [4.69, 9.17) is 17.1 Å². The Hall–Kier alpha value is -2.31. The van der Waals surface area contributed by atoms with E-state index < -0.39 is 35.9 Å². The van der Waals surface area contributed by atoms with Gasteiger partial charge in [-0.2, -0.15) is 13.2 Å². The van der Waals surface area contributed by atoms with Crippen LogP contribution in [0.1, 0.15) is 37.5 Å². The highest BCUT2D eigenvalue weighted by molar-refractivity contribution is 9.10. The minimum absolute atomic E-state index is 0.0156. The first kappa shape index (κ1) is 25.8. The van der Waals surface area contributed by atoms with Crippen molar-refractivity contribution >= 4 is 48.2 Å². The number of β-amino-alcohol motifs (C(OH)–C–C–N with tert-alkyl or cyclic N) is 1. The number of hydroxylamine groups is 1. The molecule has 2 aromatic rings. The number of nitrogens with zero attached hydrogens (tertiary/aromatic N) is 3. The fourth-order valence-electron chi connectivity index (χ4n) is 4.33. The second kappa shape index (κ2) is 9.62. The number of rotatable bonds is 6. The van der Waals surface area contributed by atoms with Crippen molar-refractivity contribution in [1.82, 2.24) is 15.5 Å². The molecular formula is C21H21B2BrF3N4O4. The number of nitrogens with one attached hydrogen (secondary N) is 1. The van der Waals surface area contributed by atoms with Gasteiger partial charge in [0.25, 0.3) is 0 Å². The number of hydrogen-bond acceptors (Lipinski definition) is 7. The lowest BCUT2D eigenvalue weighted by Crippen LogP contribution is -2.47. The second-order valence-electron chi connectivity index (χ2n) is 8.79. The van der Waals surface area contributed by atoms with E-state index in [2.05, 4.69) is 31.6 Å². The van der Waals surface area contributed by atoms with Crippen LogP contribution in [0.3, 0.4) is 0 Å². The molecule has 4 unspecified atom stereocenters. The van der Waals surface area contributed by atoms with Gasteiger partial charge < -0.3 is 14.5 Å². The van der Waals surface area contributed by atoms with Gasteiger partial charge in [0, 0.05) is 36.3 Å². The lowest BCUT2D eigenvalue weighted by Gasteiger charge is -2.29. The van der Waals surface area contributed by atoms with Crippen molar-refractivity contribution in [2.75, 3.05) is 6.54 Å². The van der Waals surface area contributed by atoms with Crippen LogP contribution in [0.2, 0.25) is 0 Å². The Bertz CT molecular complexity index is 1110. The van der Waals surface area contributed by atoms with E-state index in [0.29, 0.717) is 10.1 Å². The van der Waals surface area contributed by atoms with Gasteiger partial charge in [-0.25, -0.2) is 15.3 Å². The van der Waals surface area contributed by atoms with Gasteiger partial charge in [-0.1, -0.05) is 47.1 Å². The van der Waals surface area contributed by atoms with Crippen LogP contribution in [0.25, 0.3) is 0 Å². The Morgan fingerprint density at radius 1 is 1.37 bits per heavy atom. The van der Waals surface area contributed by atoms with Crippen LogP contribution < -0.4 is 11.1 Å². The number of carbonyl (C=O) groups is 1. The molecule has 0 bridgehead atoms. The summed E-state index contributed by atoms with van der Waals surface area (Å²) in [5.74, 6) is -1.43. The number of hydrogen-bond donors (Lipinski definition) is 2. The largest absolute Gasteiger partial charge is 0.445 e. The van der Waals surface area contributed by atoms with Crippen LogP contribution in [0.5, 0.6) is 0 Å². The molecule has 2 N–H and O–H groups in total. The summed E-state index contributed by atoms with van der Waals surface area (Å²) < 4.78 is 48.6. The molecule has 1 fully saturated rings. The number of benzene rings is 1. The molecule has 1 aromatic heterocycles. The standard InChI is InChI=1S/C21H21B2BrF3N4O4/c1-10(2)17(15-8-16(23-22)29-34-15)19(33)31-9-13(32)7-14(31)18-28-20(35-30-18,21(25,26)27)11-3-5-12(24)6-4-11/h3-6,8,10,13-14,17,32H,7,9H2,1-2H3,(H,28,30). The zero-order chi connectivity index (χ0) is 25.5. The Morgan fingerprint density at radius 2 is 2.06 bits per heavy atom. The highest BCUT2D eigenvalue weighted by atomic mass is 79.9. The first-order valence-corrected chi connectivity index (χ1v) is 11.6. The average Bonchev–Trinajstić information content (AvgIpc) is 3.52. The maximum atomic E-state index is 14.2. The van der Waals surface area contributed by atoms with Gasteiger partial charge in [0.2, 0.25) is 5.91 Å².